The molecule has 1 amide bonds. The minimum Gasteiger partial charge on any atom is -0.355 e. The number of nitrogens with one attached hydrogen (secondary N) is 1. The molecule has 23 heavy (non-hydrogen) atoms. The summed E-state index contributed by atoms with van der Waals surface area (Å²) in [4.78, 5) is 12.2. The van der Waals surface area contributed by atoms with E-state index in [9.17, 15) is 4.79 Å². The Morgan fingerprint density at radius 1 is 1.26 bits per heavy atom. The lowest BCUT2D eigenvalue weighted by Crippen LogP contribution is -2.23. The first-order valence-electron chi connectivity index (χ1n) is 7.34. The van der Waals surface area contributed by atoms with Crippen molar-refractivity contribution < 1.29 is 9.32 Å². The van der Waals surface area contributed by atoms with Gasteiger partial charge in [-0.15, -0.1) is 0 Å². The molecule has 6 nitrogen and oxygen atoms in total. The van der Waals surface area contributed by atoms with Crippen molar-refractivity contribution in [3.63, 3.8) is 0 Å². The Balaban J connectivity index is 1.69. The second-order valence-electron chi connectivity index (χ2n) is 5.50. The van der Waals surface area contributed by atoms with Gasteiger partial charge < -0.3 is 9.84 Å². The van der Waals surface area contributed by atoms with Crippen LogP contribution < -0.4 is 5.32 Å². The second kappa shape index (κ2) is 6.08. The fraction of sp³-hybridized carbons (Fsp3) is 0.235. The average Bonchev–Trinajstić information content (AvgIpc) is 3.15. The highest BCUT2D eigenvalue weighted by molar-refractivity contribution is 5.93. The van der Waals surface area contributed by atoms with E-state index in [4.69, 9.17) is 4.52 Å². The molecule has 3 aromatic rings. The Morgan fingerprint density at radius 2 is 2.00 bits per heavy atom. The molecule has 0 atom stereocenters. The molecule has 1 aromatic carbocycles. The van der Waals surface area contributed by atoms with Crippen molar-refractivity contribution in [1.82, 2.24) is 20.3 Å². The van der Waals surface area contributed by atoms with Gasteiger partial charge in [0, 0.05) is 36.5 Å². The number of benzene rings is 1. The van der Waals surface area contributed by atoms with Crippen LogP contribution in [0.3, 0.4) is 0 Å². The lowest BCUT2D eigenvalue weighted by Gasteiger charge is -2.02. The van der Waals surface area contributed by atoms with Gasteiger partial charge in [-0.2, -0.15) is 5.10 Å². The fourth-order valence-corrected chi connectivity index (χ4v) is 2.22. The molecule has 0 aliphatic heterocycles. The van der Waals surface area contributed by atoms with E-state index < -0.39 is 0 Å². The van der Waals surface area contributed by atoms with Gasteiger partial charge in [-0.1, -0.05) is 35.0 Å². The van der Waals surface area contributed by atoms with Gasteiger partial charge in [0.1, 0.15) is 0 Å². The molecule has 6 heteroatoms. The predicted molar refractivity (Wildman–Crippen MR) is 85.8 cm³/mol. The summed E-state index contributed by atoms with van der Waals surface area (Å²) in [6, 6.07) is 9.51. The number of hydrogen-bond acceptors (Lipinski definition) is 4. The molecule has 0 saturated carbocycles. The van der Waals surface area contributed by atoms with E-state index in [-0.39, 0.29) is 11.6 Å². The van der Waals surface area contributed by atoms with Gasteiger partial charge in [-0.25, -0.2) is 0 Å². The molecule has 1 N–H and O–H groups in total. The van der Waals surface area contributed by atoms with Crippen molar-refractivity contribution in [3.05, 3.63) is 59.0 Å². The number of aryl methyl sites for hydroxylation is 2. The molecule has 0 aliphatic rings. The Kier molecular flexibility index (Phi) is 3.97. The smallest absolute Gasteiger partial charge is 0.273 e. The minimum atomic E-state index is -0.268. The number of nitrogens with zero attached hydrogens (tertiary/aromatic N) is 3. The molecule has 0 aliphatic carbocycles. The normalized spacial score (nSPS) is 10.7. The van der Waals surface area contributed by atoms with Gasteiger partial charge in [-0.05, 0) is 13.8 Å². The van der Waals surface area contributed by atoms with Crippen LogP contribution in [0.1, 0.15) is 27.3 Å². The van der Waals surface area contributed by atoms with Crippen LogP contribution in [-0.2, 0) is 13.6 Å². The first-order chi connectivity index (χ1) is 11.0. The molecule has 2 aromatic heterocycles. The summed E-state index contributed by atoms with van der Waals surface area (Å²) in [5, 5.41) is 10.8. The van der Waals surface area contributed by atoms with Crippen molar-refractivity contribution in [1.29, 1.82) is 0 Å². The zero-order valence-corrected chi connectivity index (χ0v) is 13.3. The molecule has 0 fully saturated rings. The van der Waals surface area contributed by atoms with Gasteiger partial charge in [0.2, 0.25) is 0 Å². The number of carbonyl (C=O) groups is 1. The van der Waals surface area contributed by atoms with Gasteiger partial charge in [0.25, 0.3) is 5.91 Å². The maximum atomic E-state index is 12.2. The van der Waals surface area contributed by atoms with Gasteiger partial charge in [0.05, 0.1) is 6.20 Å². The number of amides is 1. The predicted octanol–water partition coefficient (Wildman–Crippen LogP) is 2.62. The highest BCUT2D eigenvalue weighted by Crippen LogP contribution is 2.20. The topological polar surface area (TPSA) is 73.0 Å². The van der Waals surface area contributed by atoms with Crippen molar-refractivity contribution in [2.45, 2.75) is 20.4 Å². The zero-order chi connectivity index (χ0) is 16.4. The van der Waals surface area contributed by atoms with E-state index >= 15 is 0 Å². The summed E-state index contributed by atoms with van der Waals surface area (Å²) in [6.45, 7) is 4.38. The van der Waals surface area contributed by atoms with Crippen LogP contribution in [0, 0.1) is 13.8 Å². The third-order valence-electron chi connectivity index (χ3n) is 3.86. The van der Waals surface area contributed by atoms with Gasteiger partial charge in [-0.3, -0.25) is 9.48 Å². The average molecular weight is 310 g/mol. The first-order valence-corrected chi connectivity index (χ1v) is 7.34. The van der Waals surface area contributed by atoms with Crippen LogP contribution in [-0.4, -0.2) is 20.8 Å². The van der Waals surface area contributed by atoms with E-state index in [0.717, 1.165) is 22.4 Å². The number of rotatable bonds is 4. The molecular formula is C17H18N4O2. The Morgan fingerprint density at radius 3 is 2.65 bits per heavy atom. The summed E-state index contributed by atoms with van der Waals surface area (Å²) in [5.74, 6) is 0.308. The zero-order valence-electron chi connectivity index (χ0n) is 13.3. The third kappa shape index (κ3) is 3.15. The summed E-state index contributed by atoms with van der Waals surface area (Å²) < 4.78 is 7.04. The van der Waals surface area contributed by atoms with Crippen molar-refractivity contribution in [2.75, 3.05) is 0 Å². The van der Waals surface area contributed by atoms with Crippen molar-refractivity contribution >= 4 is 5.91 Å². The van der Waals surface area contributed by atoms with Crippen molar-refractivity contribution in [3.8, 4) is 11.3 Å². The van der Waals surface area contributed by atoms with E-state index in [0.29, 0.717) is 12.3 Å². The number of aromatic nitrogens is 3. The molecule has 0 unspecified atom stereocenters. The van der Waals surface area contributed by atoms with E-state index in [2.05, 4.69) is 15.6 Å². The maximum Gasteiger partial charge on any atom is 0.273 e. The molecule has 3 rings (SSSR count). The first kappa shape index (κ1) is 15.0. The van der Waals surface area contributed by atoms with E-state index in [1.807, 2.05) is 45.2 Å². The monoisotopic (exact) mass is 310 g/mol. The summed E-state index contributed by atoms with van der Waals surface area (Å²) in [6.07, 6.45) is 1.75. The van der Waals surface area contributed by atoms with Crippen LogP contribution >= 0.6 is 0 Å². The lowest BCUT2D eigenvalue weighted by atomic mass is 10.1. The third-order valence-corrected chi connectivity index (χ3v) is 3.86. The van der Waals surface area contributed by atoms with E-state index in [1.165, 1.54) is 0 Å². The highest BCUT2D eigenvalue weighted by atomic mass is 16.5. The Labute approximate surface area is 134 Å². The Bertz CT molecular complexity index is 831. The maximum absolute atomic E-state index is 12.2. The molecule has 0 spiro atoms. The van der Waals surface area contributed by atoms with Crippen LogP contribution in [0.25, 0.3) is 11.3 Å². The SMILES string of the molecule is Cc1ccc(-c2cc(C(=O)NCc3cnn(C)c3C)no2)cc1. The molecule has 0 bridgehead atoms. The van der Waals surface area contributed by atoms with Crippen LogP contribution in [0.5, 0.6) is 0 Å². The standard InChI is InChI=1S/C17H18N4O2/c1-11-4-6-13(7-5-11)16-8-15(20-23-16)17(22)18-9-14-10-19-21(3)12(14)2/h4-8,10H,9H2,1-3H3,(H,18,22). The molecular weight excluding hydrogens is 292 g/mol. The van der Waals surface area contributed by atoms with Gasteiger partial charge in [0.15, 0.2) is 11.5 Å². The van der Waals surface area contributed by atoms with Gasteiger partial charge >= 0.3 is 0 Å². The largest absolute Gasteiger partial charge is 0.355 e. The summed E-state index contributed by atoms with van der Waals surface area (Å²) in [7, 11) is 1.87. The van der Waals surface area contributed by atoms with Crippen molar-refractivity contribution in [2.24, 2.45) is 7.05 Å². The quantitative estimate of drug-likeness (QED) is 0.804. The van der Waals surface area contributed by atoms with E-state index in [1.54, 1.807) is 16.9 Å². The molecule has 0 radical (unpaired) electrons. The lowest BCUT2D eigenvalue weighted by molar-refractivity contribution is 0.0942. The van der Waals surface area contributed by atoms with Crippen LogP contribution in [0.2, 0.25) is 0 Å². The summed E-state index contributed by atoms with van der Waals surface area (Å²) >= 11 is 0. The molecule has 0 saturated heterocycles. The fourth-order valence-electron chi connectivity index (χ4n) is 2.22. The highest BCUT2D eigenvalue weighted by Gasteiger charge is 2.14. The summed E-state index contributed by atoms with van der Waals surface area (Å²) in [5.41, 5.74) is 4.32. The number of hydrogen-bond donors (Lipinski definition) is 1. The minimum absolute atomic E-state index is 0.266. The van der Waals surface area contributed by atoms with Crippen LogP contribution in [0.15, 0.2) is 41.1 Å². The Hall–Kier alpha value is -2.89. The number of carbonyl (C=O) groups excluding carboxylic acids is 1. The van der Waals surface area contributed by atoms with Crippen LogP contribution in [0.4, 0.5) is 0 Å². The second-order valence-corrected chi connectivity index (χ2v) is 5.50. The molecule has 2 heterocycles. The molecule has 118 valence electrons.